The summed E-state index contributed by atoms with van der Waals surface area (Å²) < 4.78 is 20.4. The van der Waals surface area contributed by atoms with Crippen molar-refractivity contribution in [1.29, 1.82) is 5.26 Å². The van der Waals surface area contributed by atoms with Gasteiger partial charge in [0.2, 0.25) is 0 Å². The molecule has 0 radical (unpaired) electrons. The van der Waals surface area contributed by atoms with Gasteiger partial charge < -0.3 is 33.2 Å². The maximum atomic E-state index is 15.8. The Kier molecular flexibility index (Phi) is 15.7. The Labute approximate surface area is 435 Å². The summed E-state index contributed by atoms with van der Waals surface area (Å²) in [6.07, 6.45) is 4.48. The Morgan fingerprint density at radius 3 is 2.07 bits per heavy atom. The van der Waals surface area contributed by atoms with Gasteiger partial charge in [-0.3, -0.25) is 14.5 Å². The highest BCUT2D eigenvalue weighted by Crippen LogP contribution is 2.44. The topological polar surface area (TPSA) is 121 Å². The summed E-state index contributed by atoms with van der Waals surface area (Å²) in [4.78, 5) is 52.8. The van der Waals surface area contributed by atoms with E-state index in [2.05, 4.69) is 81.7 Å². The Morgan fingerprint density at radius 2 is 1.44 bits per heavy atom. The molecule has 1 aromatic heterocycles. The second-order valence-corrected chi connectivity index (χ2v) is 27.8. The number of benzene rings is 4. The summed E-state index contributed by atoms with van der Waals surface area (Å²) in [5, 5.41) is 10.2. The standard InChI is InChI=1S/C60H76N6O6Si/c1-39(2)73(40(3)4,41(5)6)72-51-23-20-48(21-24-51)66(49-22-25-56(70-12)46(31-49)35-61)58(68)52-34-55(62(11)42(52)7)53-32-44-26-29-64(59(69)71-60(8,9)10)36-47(44)33-54(53)57(67)65-37-45-19-15-14-18-43(45)30-50(65)38-63-27-16-13-17-28-63/h14-15,18-25,31-34,39-41,50H,13,16-17,26-30,36-38H2,1-12H3/t50-/m0/s1. The molecule has 73 heavy (non-hydrogen) atoms. The molecule has 13 heteroatoms. The van der Waals surface area contributed by atoms with Crippen LogP contribution in [0.15, 0.2) is 84.9 Å². The van der Waals surface area contributed by atoms with Crippen LogP contribution in [0.5, 0.6) is 11.5 Å². The molecule has 4 aromatic carbocycles. The fourth-order valence-electron chi connectivity index (χ4n) is 11.9. The maximum absolute atomic E-state index is 15.8. The van der Waals surface area contributed by atoms with Crippen LogP contribution in [-0.2, 0) is 37.7 Å². The highest BCUT2D eigenvalue weighted by atomic mass is 28.4. The Morgan fingerprint density at radius 1 is 0.781 bits per heavy atom. The summed E-state index contributed by atoms with van der Waals surface area (Å²) >= 11 is 0. The van der Waals surface area contributed by atoms with Crippen LogP contribution in [0.3, 0.4) is 0 Å². The molecule has 1 saturated heterocycles. The van der Waals surface area contributed by atoms with Crippen LogP contribution in [-0.4, -0.2) is 90.4 Å². The molecule has 0 aliphatic carbocycles. The van der Waals surface area contributed by atoms with Crippen molar-refractivity contribution in [3.8, 4) is 28.8 Å². The SMILES string of the molecule is COc1ccc(N(C(=O)c2cc(-c3cc4c(cc3C(=O)N3Cc5ccccc5C[C@H]3CN3CCCCC3)CN(C(=O)OC(C)(C)C)CC4)n(C)c2C)c2ccc(O[Si](C(C)C)(C(C)C)C(C)C)cc2)cc1C#N. The lowest BCUT2D eigenvalue weighted by molar-refractivity contribution is 0.0224. The molecule has 8 rings (SSSR count). The number of nitrogens with zero attached hydrogens (tertiary/aromatic N) is 6. The first-order valence-corrected chi connectivity index (χ1v) is 28.5. The van der Waals surface area contributed by atoms with Gasteiger partial charge in [-0.2, -0.15) is 5.26 Å². The number of rotatable bonds is 13. The number of piperidine rings is 1. The first kappa shape index (κ1) is 52.9. The minimum atomic E-state index is -2.28. The Bertz CT molecular complexity index is 2860. The molecule has 1 fully saturated rings. The van der Waals surface area contributed by atoms with Crippen molar-refractivity contribution in [3.05, 3.63) is 130 Å². The van der Waals surface area contributed by atoms with E-state index in [1.54, 1.807) is 28.0 Å². The van der Waals surface area contributed by atoms with Gasteiger partial charge in [-0.15, -0.1) is 0 Å². The van der Waals surface area contributed by atoms with E-state index in [4.69, 9.17) is 13.9 Å². The molecular formula is C60H76N6O6Si. The van der Waals surface area contributed by atoms with Crippen LogP contribution in [0.25, 0.3) is 11.3 Å². The van der Waals surface area contributed by atoms with Crippen molar-refractivity contribution in [2.45, 2.75) is 143 Å². The lowest BCUT2D eigenvalue weighted by Crippen LogP contribution is -2.51. The molecule has 386 valence electrons. The molecular weight excluding hydrogens is 929 g/mol. The molecule has 0 saturated carbocycles. The third-order valence-electron chi connectivity index (χ3n) is 15.7. The Balaban J connectivity index is 1.24. The van der Waals surface area contributed by atoms with Gasteiger partial charge in [-0.1, -0.05) is 72.2 Å². The van der Waals surface area contributed by atoms with Gasteiger partial charge in [0, 0.05) is 67.5 Å². The van der Waals surface area contributed by atoms with E-state index in [9.17, 15) is 10.1 Å². The largest absolute Gasteiger partial charge is 0.543 e. The van der Waals surface area contributed by atoms with E-state index >= 15 is 9.59 Å². The van der Waals surface area contributed by atoms with Crippen molar-refractivity contribution >= 4 is 37.6 Å². The van der Waals surface area contributed by atoms with Gasteiger partial charge in [-0.25, -0.2) is 4.79 Å². The number of fused-ring (bicyclic) bond motifs is 2. The van der Waals surface area contributed by atoms with E-state index in [0.29, 0.717) is 82.2 Å². The van der Waals surface area contributed by atoms with E-state index in [1.165, 1.54) is 19.1 Å². The van der Waals surface area contributed by atoms with Gasteiger partial charge in [0.25, 0.3) is 20.1 Å². The molecule has 1 atom stereocenters. The van der Waals surface area contributed by atoms with Gasteiger partial charge in [0.15, 0.2) is 0 Å². The number of hydrogen-bond donors (Lipinski definition) is 0. The number of nitriles is 1. The highest BCUT2D eigenvalue weighted by Gasteiger charge is 2.47. The molecule has 4 heterocycles. The number of aromatic nitrogens is 1. The summed E-state index contributed by atoms with van der Waals surface area (Å²) in [6.45, 7) is 25.2. The average molecular weight is 1010 g/mol. The molecule has 5 aromatic rings. The van der Waals surface area contributed by atoms with Crippen LogP contribution in [0.4, 0.5) is 16.2 Å². The summed E-state index contributed by atoms with van der Waals surface area (Å²) in [7, 11) is 1.19. The summed E-state index contributed by atoms with van der Waals surface area (Å²) in [5.41, 5.74) is 9.36. The number of carbonyl (C=O) groups is 3. The van der Waals surface area contributed by atoms with Gasteiger partial charge in [0.05, 0.1) is 23.9 Å². The van der Waals surface area contributed by atoms with Crippen molar-refractivity contribution in [3.63, 3.8) is 0 Å². The quantitative estimate of drug-likeness (QED) is 0.107. The zero-order chi connectivity index (χ0) is 52.5. The molecule has 0 unspecified atom stereocenters. The first-order chi connectivity index (χ1) is 34.7. The van der Waals surface area contributed by atoms with Gasteiger partial charge >= 0.3 is 6.09 Å². The second-order valence-electron chi connectivity index (χ2n) is 22.4. The second kappa shape index (κ2) is 21.6. The number of ether oxygens (including phenoxy) is 2. The monoisotopic (exact) mass is 1000 g/mol. The molecule has 3 amide bonds. The smallest absolute Gasteiger partial charge is 0.410 e. The minimum Gasteiger partial charge on any atom is -0.543 e. The number of hydrogen-bond acceptors (Lipinski definition) is 8. The van der Waals surface area contributed by atoms with Gasteiger partial charge in [0.1, 0.15) is 23.2 Å². The number of likely N-dealkylation sites (tertiary alicyclic amines) is 1. The number of methoxy groups -OCH3 is 1. The van der Waals surface area contributed by atoms with Crippen LogP contribution in [0.2, 0.25) is 16.6 Å². The third kappa shape index (κ3) is 10.8. The lowest BCUT2D eigenvalue weighted by atomic mass is 9.89. The fourth-order valence-corrected chi connectivity index (χ4v) is 17.1. The average Bonchev–Trinajstić information content (AvgIpc) is 3.66. The van der Waals surface area contributed by atoms with Crippen molar-refractivity contribution < 1.29 is 28.3 Å². The maximum Gasteiger partial charge on any atom is 0.410 e. The molecule has 0 bridgehead atoms. The third-order valence-corrected chi connectivity index (χ3v) is 21.7. The zero-order valence-electron chi connectivity index (χ0n) is 45.3. The number of carbonyl (C=O) groups excluding carboxylic acids is 3. The van der Waals surface area contributed by atoms with Crippen LogP contribution in [0.1, 0.15) is 136 Å². The van der Waals surface area contributed by atoms with Crippen molar-refractivity contribution in [2.75, 3.05) is 38.2 Å². The number of anilines is 2. The first-order valence-electron chi connectivity index (χ1n) is 26.4. The van der Waals surface area contributed by atoms with Crippen LogP contribution < -0.4 is 14.1 Å². The Hall–Kier alpha value is -6.36. The normalized spacial score (nSPS) is 16.3. The summed E-state index contributed by atoms with van der Waals surface area (Å²) in [5.74, 6) is 0.789. The van der Waals surface area contributed by atoms with Crippen molar-refractivity contribution in [1.82, 2.24) is 19.3 Å². The highest BCUT2D eigenvalue weighted by molar-refractivity contribution is 6.78. The number of amides is 3. The zero-order valence-corrected chi connectivity index (χ0v) is 46.3. The van der Waals surface area contributed by atoms with Gasteiger partial charge in [-0.05, 0) is 166 Å². The molecule has 12 nitrogen and oxygen atoms in total. The predicted octanol–water partition coefficient (Wildman–Crippen LogP) is 12.8. The van der Waals surface area contributed by atoms with E-state index < -0.39 is 13.9 Å². The predicted molar refractivity (Wildman–Crippen MR) is 292 cm³/mol. The summed E-state index contributed by atoms with van der Waals surface area (Å²) in [6, 6.07) is 29.6. The van der Waals surface area contributed by atoms with Crippen LogP contribution in [0, 0.1) is 18.3 Å². The molecule has 0 spiro atoms. The molecule has 0 N–H and O–H groups in total. The van der Waals surface area contributed by atoms with Crippen LogP contribution >= 0.6 is 0 Å². The molecule has 3 aliphatic heterocycles. The minimum absolute atomic E-state index is 0.0528. The molecule has 3 aliphatic rings. The van der Waals surface area contributed by atoms with E-state index in [1.807, 2.05) is 81.8 Å². The fraction of sp³-hybridized carbons (Fsp3) is 0.467. The van der Waals surface area contributed by atoms with E-state index in [-0.39, 0.29) is 23.9 Å². The van der Waals surface area contributed by atoms with Crippen molar-refractivity contribution in [2.24, 2.45) is 7.05 Å². The lowest BCUT2D eigenvalue weighted by Gasteiger charge is -2.42. The van der Waals surface area contributed by atoms with E-state index in [0.717, 1.165) is 72.6 Å².